The SMILES string of the molecule is Cc1ccc(Cl)cc1N(Cc1ccc(C(=O)N/N=C\c2ccc(C)c(C)c2C)cc1)S(=O)(=O)c1ccccc1. The molecule has 0 spiro atoms. The first-order valence-electron chi connectivity index (χ1n) is 12.4. The van der Waals surface area contributed by atoms with Crippen molar-refractivity contribution in [2.45, 2.75) is 39.1 Å². The Morgan fingerprint density at radius 3 is 2.23 bits per heavy atom. The summed E-state index contributed by atoms with van der Waals surface area (Å²) in [6.07, 6.45) is 1.63. The van der Waals surface area contributed by atoms with E-state index in [4.69, 9.17) is 11.6 Å². The zero-order chi connectivity index (χ0) is 28.2. The molecule has 1 amide bonds. The van der Waals surface area contributed by atoms with Crippen molar-refractivity contribution >= 4 is 39.4 Å². The van der Waals surface area contributed by atoms with Crippen LogP contribution in [0.3, 0.4) is 0 Å². The summed E-state index contributed by atoms with van der Waals surface area (Å²) in [5.41, 5.74) is 9.38. The highest BCUT2D eigenvalue weighted by molar-refractivity contribution is 7.92. The number of rotatable bonds is 8. The quantitative estimate of drug-likeness (QED) is 0.192. The minimum Gasteiger partial charge on any atom is -0.267 e. The smallest absolute Gasteiger partial charge is 0.267 e. The predicted octanol–water partition coefficient (Wildman–Crippen LogP) is 6.73. The third kappa shape index (κ3) is 6.38. The normalized spacial score (nSPS) is 11.5. The highest BCUT2D eigenvalue weighted by Crippen LogP contribution is 2.31. The van der Waals surface area contributed by atoms with Crippen molar-refractivity contribution < 1.29 is 13.2 Å². The van der Waals surface area contributed by atoms with E-state index in [-0.39, 0.29) is 17.3 Å². The van der Waals surface area contributed by atoms with Crippen LogP contribution in [0.1, 0.15) is 43.7 Å². The topological polar surface area (TPSA) is 78.8 Å². The number of hydrogen-bond donors (Lipinski definition) is 1. The summed E-state index contributed by atoms with van der Waals surface area (Å²) in [7, 11) is -3.89. The number of benzene rings is 4. The average molecular weight is 560 g/mol. The molecule has 0 atom stereocenters. The largest absolute Gasteiger partial charge is 0.271 e. The van der Waals surface area contributed by atoms with E-state index in [1.807, 2.05) is 26.0 Å². The number of nitrogens with one attached hydrogen (secondary N) is 1. The molecule has 6 nitrogen and oxygen atoms in total. The van der Waals surface area contributed by atoms with Crippen LogP contribution >= 0.6 is 11.6 Å². The van der Waals surface area contributed by atoms with E-state index in [2.05, 4.69) is 24.4 Å². The van der Waals surface area contributed by atoms with Gasteiger partial charge in [-0.3, -0.25) is 9.10 Å². The molecule has 1 N–H and O–H groups in total. The van der Waals surface area contributed by atoms with E-state index in [0.29, 0.717) is 21.8 Å². The molecule has 0 aromatic heterocycles. The fraction of sp³-hybridized carbons (Fsp3) is 0.161. The molecule has 4 aromatic carbocycles. The lowest BCUT2D eigenvalue weighted by Crippen LogP contribution is -2.31. The number of amides is 1. The van der Waals surface area contributed by atoms with Gasteiger partial charge in [-0.05, 0) is 97.5 Å². The first-order valence-corrected chi connectivity index (χ1v) is 14.2. The summed E-state index contributed by atoms with van der Waals surface area (Å²) < 4.78 is 28.7. The predicted molar refractivity (Wildman–Crippen MR) is 158 cm³/mol. The van der Waals surface area contributed by atoms with E-state index in [0.717, 1.165) is 16.7 Å². The monoisotopic (exact) mass is 559 g/mol. The van der Waals surface area contributed by atoms with Crippen LogP contribution in [-0.2, 0) is 16.6 Å². The highest BCUT2D eigenvalue weighted by Gasteiger charge is 2.26. The number of sulfonamides is 1. The Morgan fingerprint density at radius 1 is 0.872 bits per heavy atom. The molecule has 0 aliphatic heterocycles. The molecule has 39 heavy (non-hydrogen) atoms. The molecule has 0 saturated heterocycles. The van der Waals surface area contributed by atoms with Crippen LogP contribution in [0.2, 0.25) is 5.02 Å². The number of carbonyl (C=O) groups excluding carboxylic acids is 1. The molecule has 0 bridgehead atoms. The van der Waals surface area contributed by atoms with Crippen molar-refractivity contribution in [1.29, 1.82) is 0 Å². The fourth-order valence-corrected chi connectivity index (χ4v) is 5.84. The second-order valence-electron chi connectivity index (χ2n) is 9.37. The van der Waals surface area contributed by atoms with Gasteiger partial charge in [0, 0.05) is 10.6 Å². The number of anilines is 1. The van der Waals surface area contributed by atoms with Gasteiger partial charge >= 0.3 is 0 Å². The summed E-state index contributed by atoms with van der Waals surface area (Å²) >= 11 is 6.24. The average Bonchev–Trinajstić information content (AvgIpc) is 2.93. The molecular weight excluding hydrogens is 530 g/mol. The van der Waals surface area contributed by atoms with Crippen LogP contribution in [0, 0.1) is 27.7 Å². The molecule has 200 valence electrons. The van der Waals surface area contributed by atoms with E-state index in [1.54, 1.807) is 79.0 Å². The van der Waals surface area contributed by atoms with Gasteiger partial charge in [0.15, 0.2) is 0 Å². The van der Waals surface area contributed by atoms with Gasteiger partial charge in [-0.15, -0.1) is 0 Å². The lowest BCUT2D eigenvalue weighted by atomic mass is 10.00. The van der Waals surface area contributed by atoms with Gasteiger partial charge in [0.05, 0.1) is 23.3 Å². The van der Waals surface area contributed by atoms with E-state index in [1.165, 1.54) is 15.4 Å². The van der Waals surface area contributed by atoms with Crippen LogP contribution in [-0.4, -0.2) is 20.5 Å². The first kappa shape index (κ1) is 28.1. The molecule has 0 fully saturated rings. The number of nitrogens with zero attached hydrogens (tertiary/aromatic N) is 2. The maximum Gasteiger partial charge on any atom is 0.271 e. The lowest BCUT2D eigenvalue weighted by molar-refractivity contribution is 0.0955. The third-order valence-electron chi connectivity index (χ3n) is 6.78. The summed E-state index contributed by atoms with van der Waals surface area (Å²) in [5, 5.41) is 4.56. The second-order valence-corrected chi connectivity index (χ2v) is 11.7. The molecule has 0 saturated carbocycles. The Labute approximate surface area is 235 Å². The molecule has 0 radical (unpaired) electrons. The number of carbonyl (C=O) groups is 1. The van der Waals surface area contributed by atoms with Crippen LogP contribution in [0.25, 0.3) is 0 Å². The van der Waals surface area contributed by atoms with Crippen molar-refractivity contribution in [3.05, 3.63) is 129 Å². The number of hydrogen-bond acceptors (Lipinski definition) is 4. The molecule has 0 aliphatic carbocycles. The zero-order valence-corrected chi connectivity index (χ0v) is 23.8. The molecule has 0 aliphatic rings. The highest BCUT2D eigenvalue weighted by atomic mass is 35.5. The minimum atomic E-state index is -3.89. The van der Waals surface area contributed by atoms with Gasteiger partial charge in [-0.2, -0.15) is 5.10 Å². The number of halogens is 1. The van der Waals surface area contributed by atoms with E-state index < -0.39 is 10.0 Å². The molecule has 0 unspecified atom stereocenters. The van der Waals surface area contributed by atoms with Gasteiger partial charge < -0.3 is 0 Å². The number of aryl methyl sites for hydroxylation is 2. The maximum absolute atomic E-state index is 13.7. The first-order chi connectivity index (χ1) is 18.6. The Morgan fingerprint density at radius 2 is 1.54 bits per heavy atom. The van der Waals surface area contributed by atoms with Crippen molar-refractivity contribution in [2.75, 3.05) is 4.31 Å². The third-order valence-corrected chi connectivity index (χ3v) is 8.79. The zero-order valence-electron chi connectivity index (χ0n) is 22.3. The van der Waals surface area contributed by atoms with Gasteiger partial charge in [0.1, 0.15) is 0 Å². The molecule has 4 rings (SSSR count). The van der Waals surface area contributed by atoms with E-state index >= 15 is 0 Å². The maximum atomic E-state index is 13.7. The molecule has 4 aromatic rings. The Hall–Kier alpha value is -3.94. The summed E-state index contributed by atoms with van der Waals surface area (Å²) in [4.78, 5) is 12.9. The van der Waals surface area contributed by atoms with Crippen molar-refractivity contribution in [3.8, 4) is 0 Å². The van der Waals surface area contributed by atoms with Gasteiger partial charge in [0.25, 0.3) is 15.9 Å². The fourth-order valence-electron chi connectivity index (χ4n) is 4.14. The minimum absolute atomic E-state index is 0.0600. The second kappa shape index (κ2) is 11.8. The summed E-state index contributed by atoms with van der Waals surface area (Å²) in [6.45, 7) is 8.04. The summed E-state index contributed by atoms with van der Waals surface area (Å²) in [5.74, 6) is -0.362. The van der Waals surface area contributed by atoms with Crippen molar-refractivity contribution in [3.63, 3.8) is 0 Å². The molecular formula is C31H30ClN3O3S. The Kier molecular flexibility index (Phi) is 8.53. The Bertz CT molecular complexity index is 1630. The lowest BCUT2D eigenvalue weighted by Gasteiger charge is -2.26. The van der Waals surface area contributed by atoms with Gasteiger partial charge in [0.2, 0.25) is 0 Å². The number of hydrazone groups is 1. The van der Waals surface area contributed by atoms with Crippen LogP contribution in [0.15, 0.2) is 94.9 Å². The molecule has 0 heterocycles. The van der Waals surface area contributed by atoms with Gasteiger partial charge in [-0.25, -0.2) is 13.8 Å². The van der Waals surface area contributed by atoms with E-state index in [9.17, 15) is 13.2 Å². The van der Waals surface area contributed by atoms with Crippen molar-refractivity contribution in [2.24, 2.45) is 5.10 Å². The van der Waals surface area contributed by atoms with Crippen LogP contribution < -0.4 is 9.73 Å². The van der Waals surface area contributed by atoms with Crippen molar-refractivity contribution in [1.82, 2.24) is 5.43 Å². The molecule has 8 heteroatoms. The Balaban J connectivity index is 1.55. The van der Waals surface area contributed by atoms with Crippen LogP contribution in [0.5, 0.6) is 0 Å². The summed E-state index contributed by atoms with van der Waals surface area (Å²) in [6, 6.07) is 24.2. The standard InChI is InChI=1S/C31H30ClN3O3S/c1-21-10-14-27(24(4)23(21)3)19-33-34-31(36)26-15-12-25(13-16-26)20-35(30-18-28(32)17-11-22(30)2)39(37,38)29-8-6-5-7-9-29/h5-19H,20H2,1-4H3,(H,34,36)/b33-19-. The van der Waals surface area contributed by atoms with Gasteiger partial charge in [-0.1, -0.05) is 60.1 Å². The van der Waals surface area contributed by atoms with Crippen LogP contribution in [0.4, 0.5) is 5.69 Å².